The summed E-state index contributed by atoms with van der Waals surface area (Å²) in [6, 6.07) is 18.2. The molecule has 27 heavy (non-hydrogen) atoms. The van der Waals surface area contributed by atoms with E-state index in [0.29, 0.717) is 0 Å². The van der Waals surface area contributed by atoms with Crippen molar-refractivity contribution >= 4 is 11.7 Å². The van der Waals surface area contributed by atoms with Crippen LogP contribution in [0.5, 0.6) is 5.75 Å². The topological polar surface area (TPSA) is 50.8 Å². The second-order valence-electron chi connectivity index (χ2n) is 7.00. The molecule has 5 heteroatoms. The smallest absolute Gasteiger partial charge is 0.331 e. The van der Waals surface area contributed by atoms with Gasteiger partial charge in [-0.25, -0.2) is 4.79 Å². The molecule has 0 amide bonds. The molecule has 2 aromatic carbocycles. The Labute approximate surface area is 161 Å². The number of ether oxygens (including phenoxy) is 2. The van der Waals surface area contributed by atoms with Crippen LogP contribution in [0.1, 0.15) is 18.4 Å². The number of hydrogen-bond acceptors (Lipinski definition) is 5. The summed E-state index contributed by atoms with van der Waals surface area (Å²) in [4.78, 5) is 15.0. The molecule has 1 aliphatic rings. The molecule has 1 saturated heterocycles. The van der Waals surface area contributed by atoms with Crippen molar-refractivity contribution < 1.29 is 14.3 Å². The second-order valence-corrected chi connectivity index (χ2v) is 7.00. The standard InChI is InChI=1S/C22H28N2O3/c1-26-20-10-8-19(9-11-20)23-22(21(25)27-2)13-16-24(17-14-22)15-12-18-6-4-3-5-7-18/h3-11,23H,12-17H2,1-2H3. The van der Waals surface area contributed by atoms with Gasteiger partial charge in [0, 0.05) is 25.3 Å². The molecular formula is C22H28N2O3. The molecule has 0 bridgehead atoms. The van der Waals surface area contributed by atoms with Crippen LogP contribution < -0.4 is 10.1 Å². The first kappa shape index (κ1) is 19.2. The van der Waals surface area contributed by atoms with Gasteiger partial charge in [-0.3, -0.25) is 0 Å². The molecule has 5 nitrogen and oxygen atoms in total. The van der Waals surface area contributed by atoms with Crippen molar-refractivity contribution in [3.05, 3.63) is 60.2 Å². The molecule has 0 unspecified atom stereocenters. The zero-order valence-electron chi connectivity index (χ0n) is 16.1. The number of methoxy groups -OCH3 is 2. The van der Waals surface area contributed by atoms with Gasteiger partial charge >= 0.3 is 5.97 Å². The molecule has 0 aliphatic carbocycles. The van der Waals surface area contributed by atoms with Gasteiger partial charge in [-0.1, -0.05) is 30.3 Å². The first-order valence-electron chi connectivity index (χ1n) is 9.42. The molecule has 0 radical (unpaired) electrons. The van der Waals surface area contributed by atoms with Crippen LogP contribution >= 0.6 is 0 Å². The average molecular weight is 368 g/mol. The van der Waals surface area contributed by atoms with E-state index in [1.807, 2.05) is 30.3 Å². The third-order valence-electron chi connectivity index (χ3n) is 5.32. The van der Waals surface area contributed by atoms with Crippen LogP contribution in [-0.4, -0.2) is 50.3 Å². The van der Waals surface area contributed by atoms with Gasteiger partial charge in [0.05, 0.1) is 14.2 Å². The van der Waals surface area contributed by atoms with Crippen LogP contribution in [0.2, 0.25) is 0 Å². The molecule has 144 valence electrons. The summed E-state index contributed by atoms with van der Waals surface area (Å²) >= 11 is 0. The molecule has 1 heterocycles. The van der Waals surface area contributed by atoms with Gasteiger partial charge in [0.1, 0.15) is 11.3 Å². The number of esters is 1. The van der Waals surface area contributed by atoms with E-state index in [9.17, 15) is 4.79 Å². The number of nitrogens with one attached hydrogen (secondary N) is 1. The summed E-state index contributed by atoms with van der Waals surface area (Å²) < 4.78 is 10.3. The van der Waals surface area contributed by atoms with Gasteiger partial charge < -0.3 is 19.7 Å². The lowest BCUT2D eigenvalue weighted by Gasteiger charge is -2.40. The van der Waals surface area contributed by atoms with Crippen LogP contribution in [0.25, 0.3) is 0 Å². The van der Waals surface area contributed by atoms with Crippen LogP contribution in [0.3, 0.4) is 0 Å². The monoisotopic (exact) mass is 368 g/mol. The minimum atomic E-state index is -0.674. The average Bonchev–Trinajstić information content (AvgIpc) is 2.74. The maximum Gasteiger partial charge on any atom is 0.331 e. The summed E-state index contributed by atoms with van der Waals surface area (Å²) in [5, 5.41) is 3.43. The van der Waals surface area contributed by atoms with E-state index in [2.05, 4.69) is 34.5 Å². The van der Waals surface area contributed by atoms with Crippen molar-refractivity contribution in [2.75, 3.05) is 39.2 Å². The van der Waals surface area contributed by atoms with Crippen molar-refractivity contribution in [1.82, 2.24) is 4.90 Å². The van der Waals surface area contributed by atoms with E-state index < -0.39 is 5.54 Å². The SMILES string of the molecule is COC(=O)C1(Nc2ccc(OC)cc2)CCN(CCc2ccccc2)CC1. The Hall–Kier alpha value is -2.53. The Kier molecular flexibility index (Phi) is 6.35. The highest BCUT2D eigenvalue weighted by molar-refractivity contribution is 5.84. The summed E-state index contributed by atoms with van der Waals surface area (Å²) in [6.07, 6.45) is 2.47. The Morgan fingerprint density at radius 1 is 1.04 bits per heavy atom. The van der Waals surface area contributed by atoms with Gasteiger partial charge in [0.25, 0.3) is 0 Å². The second kappa shape index (κ2) is 8.91. The largest absolute Gasteiger partial charge is 0.497 e. The summed E-state index contributed by atoms with van der Waals surface area (Å²) in [6.45, 7) is 2.74. The van der Waals surface area contributed by atoms with E-state index in [-0.39, 0.29) is 5.97 Å². The van der Waals surface area contributed by atoms with Crippen LogP contribution in [0.15, 0.2) is 54.6 Å². The Morgan fingerprint density at radius 2 is 1.70 bits per heavy atom. The number of nitrogens with zero attached hydrogens (tertiary/aromatic N) is 1. The van der Waals surface area contributed by atoms with Crippen LogP contribution in [0.4, 0.5) is 5.69 Å². The number of benzene rings is 2. The zero-order valence-corrected chi connectivity index (χ0v) is 16.1. The lowest BCUT2D eigenvalue weighted by molar-refractivity contribution is -0.147. The lowest BCUT2D eigenvalue weighted by atomic mass is 9.86. The third-order valence-corrected chi connectivity index (χ3v) is 5.32. The van der Waals surface area contributed by atoms with E-state index >= 15 is 0 Å². The van der Waals surface area contributed by atoms with Gasteiger partial charge in [-0.15, -0.1) is 0 Å². The maximum absolute atomic E-state index is 12.6. The van der Waals surface area contributed by atoms with Gasteiger partial charge in [-0.05, 0) is 49.1 Å². The highest BCUT2D eigenvalue weighted by Crippen LogP contribution is 2.29. The molecule has 0 saturated carbocycles. The number of rotatable bonds is 7. The lowest BCUT2D eigenvalue weighted by Crippen LogP contribution is -2.55. The fourth-order valence-corrected chi connectivity index (χ4v) is 3.62. The first-order valence-corrected chi connectivity index (χ1v) is 9.42. The molecule has 0 spiro atoms. The Balaban J connectivity index is 1.61. The van der Waals surface area contributed by atoms with E-state index in [4.69, 9.17) is 9.47 Å². The molecule has 1 N–H and O–H groups in total. The van der Waals surface area contributed by atoms with Crippen molar-refractivity contribution in [3.8, 4) is 5.75 Å². The third kappa shape index (κ3) is 4.80. The molecule has 2 aromatic rings. The van der Waals surface area contributed by atoms with Crippen molar-refractivity contribution in [2.45, 2.75) is 24.8 Å². The number of likely N-dealkylation sites (tertiary alicyclic amines) is 1. The van der Waals surface area contributed by atoms with Crippen LogP contribution in [-0.2, 0) is 16.0 Å². The number of carbonyl (C=O) groups is 1. The Morgan fingerprint density at radius 3 is 2.30 bits per heavy atom. The highest BCUT2D eigenvalue weighted by Gasteiger charge is 2.42. The summed E-state index contributed by atoms with van der Waals surface area (Å²) in [5.41, 5.74) is 1.57. The summed E-state index contributed by atoms with van der Waals surface area (Å²) in [5.74, 6) is 0.601. The van der Waals surface area contributed by atoms with E-state index in [0.717, 1.165) is 50.3 Å². The molecule has 1 fully saturated rings. The number of hydrogen-bond donors (Lipinski definition) is 1. The zero-order chi connectivity index (χ0) is 19.1. The fraction of sp³-hybridized carbons (Fsp3) is 0.409. The Bertz CT molecular complexity index is 723. The quantitative estimate of drug-likeness (QED) is 0.760. The normalized spacial score (nSPS) is 16.5. The minimum absolute atomic E-state index is 0.193. The molecular weight excluding hydrogens is 340 g/mol. The van der Waals surface area contributed by atoms with E-state index in [1.54, 1.807) is 7.11 Å². The number of piperidine rings is 1. The van der Waals surface area contributed by atoms with Crippen molar-refractivity contribution in [1.29, 1.82) is 0 Å². The van der Waals surface area contributed by atoms with E-state index in [1.165, 1.54) is 12.7 Å². The van der Waals surface area contributed by atoms with Gasteiger partial charge in [0.15, 0.2) is 0 Å². The van der Waals surface area contributed by atoms with Gasteiger partial charge in [-0.2, -0.15) is 0 Å². The minimum Gasteiger partial charge on any atom is -0.497 e. The molecule has 0 aromatic heterocycles. The molecule has 0 atom stereocenters. The summed E-state index contributed by atoms with van der Waals surface area (Å²) in [7, 11) is 3.10. The highest BCUT2D eigenvalue weighted by atomic mass is 16.5. The molecule has 1 aliphatic heterocycles. The van der Waals surface area contributed by atoms with Crippen molar-refractivity contribution in [2.24, 2.45) is 0 Å². The van der Waals surface area contributed by atoms with Crippen molar-refractivity contribution in [3.63, 3.8) is 0 Å². The molecule has 3 rings (SSSR count). The maximum atomic E-state index is 12.6. The number of carbonyl (C=O) groups excluding carboxylic acids is 1. The van der Waals surface area contributed by atoms with Gasteiger partial charge in [0.2, 0.25) is 0 Å². The fourth-order valence-electron chi connectivity index (χ4n) is 3.62. The number of anilines is 1. The predicted octanol–water partition coefficient (Wildman–Crippen LogP) is 3.36. The predicted molar refractivity (Wildman–Crippen MR) is 107 cm³/mol. The van der Waals surface area contributed by atoms with Crippen LogP contribution in [0, 0.1) is 0 Å². The first-order chi connectivity index (χ1) is 13.1.